The highest BCUT2D eigenvalue weighted by Gasteiger charge is 2.37. The van der Waals surface area contributed by atoms with E-state index in [1.807, 2.05) is 18.7 Å². The predicted octanol–water partition coefficient (Wildman–Crippen LogP) is 2.24. The van der Waals surface area contributed by atoms with Crippen molar-refractivity contribution in [3.05, 3.63) is 11.7 Å². The van der Waals surface area contributed by atoms with Gasteiger partial charge in [0.25, 0.3) is 0 Å². The highest BCUT2D eigenvalue weighted by Crippen LogP contribution is 2.33. The quantitative estimate of drug-likeness (QED) is 0.927. The van der Waals surface area contributed by atoms with Crippen LogP contribution in [0, 0.1) is 5.92 Å². The maximum atomic E-state index is 12.9. The Morgan fingerprint density at radius 3 is 2.91 bits per heavy atom. The fraction of sp³-hybridized carbons (Fsp3) is 0.812. The topological polar surface area (TPSA) is 71.3 Å². The van der Waals surface area contributed by atoms with Gasteiger partial charge >= 0.3 is 0 Å². The molecule has 6 heteroatoms. The van der Waals surface area contributed by atoms with Gasteiger partial charge in [0.2, 0.25) is 11.8 Å². The minimum absolute atomic E-state index is 0.00561. The number of aromatic nitrogens is 2. The molecular weight excluding hydrogens is 280 g/mol. The molecule has 0 aromatic carbocycles. The van der Waals surface area contributed by atoms with Gasteiger partial charge in [-0.25, -0.2) is 0 Å². The lowest BCUT2D eigenvalue weighted by molar-refractivity contribution is -0.137. The Hall–Kier alpha value is -1.43. The highest BCUT2D eigenvalue weighted by atomic mass is 16.5. The van der Waals surface area contributed by atoms with E-state index < -0.39 is 0 Å². The van der Waals surface area contributed by atoms with Gasteiger partial charge in [-0.15, -0.1) is 0 Å². The Balaban J connectivity index is 1.73. The van der Waals surface area contributed by atoms with Crippen LogP contribution < -0.4 is 5.32 Å². The lowest BCUT2D eigenvalue weighted by Gasteiger charge is -2.32. The summed E-state index contributed by atoms with van der Waals surface area (Å²) in [4.78, 5) is 19.4. The molecule has 0 bridgehead atoms. The molecule has 1 N–H and O–H groups in total. The van der Waals surface area contributed by atoms with Crippen LogP contribution in [0.5, 0.6) is 0 Å². The smallest absolute Gasteiger partial charge is 0.229 e. The Morgan fingerprint density at radius 1 is 1.41 bits per heavy atom. The third kappa shape index (κ3) is 3.02. The highest BCUT2D eigenvalue weighted by molar-refractivity contribution is 5.79. The maximum Gasteiger partial charge on any atom is 0.229 e. The summed E-state index contributed by atoms with van der Waals surface area (Å²) >= 11 is 0. The molecule has 0 saturated carbocycles. The van der Waals surface area contributed by atoms with Crippen LogP contribution in [0.25, 0.3) is 0 Å². The van der Waals surface area contributed by atoms with E-state index in [0.717, 1.165) is 38.8 Å². The molecule has 1 amide bonds. The molecule has 22 heavy (non-hydrogen) atoms. The number of carbonyl (C=O) groups is 1. The van der Waals surface area contributed by atoms with Crippen molar-refractivity contribution in [3.63, 3.8) is 0 Å². The Kier molecular flexibility index (Phi) is 4.47. The molecule has 2 saturated heterocycles. The second-order valence-corrected chi connectivity index (χ2v) is 6.91. The fourth-order valence-corrected chi connectivity index (χ4v) is 3.51. The molecule has 3 heterocycles. The van der Waals surface area contributed by atoms with Crippen LogP contribution in [-0.4, -0.2) is 40.1 Å². The summed E-state index contributed by atoms with van der Waals surface area (Å²) in [5.74, 6) is 1.96. The van der Waals surface area contributed by atoms with Gasteiger partial charge < -0.3 is 14.7 Å². The van der Waals surface area contributed by atoms with Crippen LogP contribution in [0.4, 0.5) is 0 Å². The molecule has 3 atom stereocenters. The summed E-state index contributed by atoms with van der Waals surface area (Å²) in [5, 5.41) is 7.53. The van der Waals surface area contributed by atoms with E-state index in [2.05, 4.69) is 22.4 Å². The molecular formula is C16H26N4O2. The average Bonchev–Trinajstić information content (AvgIpc) is 3.15. The van der Waals surface area contributed by atoms with Crippen LogP contribution in [-0.2, 0) is 4.79 Å². The second-order valence-electron chi connectivity index (χ2n) is 6.91. The number of nitrogens with one attached hydrogen (secondary N) is 1. The van der Waals surface area contributed by atoms with Crippen LogP contribution in [0.15, 0.2) is 4.52 Å². The number of nitrogens with zero attached hydrogens (tertiary/aromatic N) is 3. The summed E-state index contributed by atoms with van der Waals surface area (Å²) in [6, 6.07) is 0.412. The van der Waals surface area contributed by atoms with E-state index in [1.165, 1.54) is 0 Å². The summed E-state index contributed by atoms with van der Waals surface area (Å²) in [5.41, 5.74) is 0. The molecule has 3 rings (SSSR count). The zero-order valence-corrected chi connectivity index (χ0v) is 13.7. The summed E-state index contributed by atoms with van der Waals surface area (Å²) in [6.07, 6.45) is 3.80. The standard InChI is InChI=1S/C16H26N4O2/c1-10(2)15-18-14(19-22-15)13-5-4-8-20(13)16(21)12-6-7-17-11(3)9-12/h10-13,17H,4-9H2,1-3H3/t11-,12-,13?/m0/s1. The van der Waals surface area contributed by atoms with E-state index >= 15 is 0 Å². The lowest BCUT2D eigenvalue weighted by atomic mass is 9.92. The molecule has 122 valence electrons. The fourth-order valence-electron chi connectivity index (χ4n) is 3.51. The molecule has 6 nitrogen and oxygen atoms in total. The van der Waals surface area contributed by atoms with E-state index in [0.29, 0.717) is 17.8 Å². The normalized spacial score (nSPS) is 29.3. The second kappa shape index (κ2) is 6.36. The number of amides is 1. The van der Waals surface area contributed by atoms with Crippen LogP contribution in [0.2, 0.25) is 0 Å². The molecule has 2 aliphatic heterocycles. The molecule has 1 unspecified atom stereocenters. The number of piperidine rings is 1. The van der Waals surface area contributed by atoms with Crippen molar-refractivity contribution in [2.24, 2.45) is 5.92 Å². The first-order chi connectivity index (χ1) is 10.6. The molecule has 2 fully saturated rings. The Morgan fingerprint density at radius 2 is 2.23 bits per heavy atom. The van der Waals surface area contributed by atoms with Gasteiger partial charge in [0.15, 0.2) is 5.82 Å². The van der Waals surface area contributed by atoms with Crippen LogP contribution >= 0.6 is 0 Å². The first-order valence-electron chi connectivity index (χ1n) is 8.43. The van der Waals surface area contributed by atoms with Gasteiger partial charge in [-0.2, -0.15) is 4.98 Å². The van der Waals surface area contributed by atoms with Gasteiger partial charge in [-0.3, -0.25) is 4.79 Å². The van der Waals surface area contributed by atoms with E-state index in [9.17, 15) is 4.79 Å². The zero-order chi connectivity index (χ0) is 15.7. The average molecular weight is 306 g/mol. The SMILES string of the molecule is CC(C)c1nc(C2CCCN2C(=O)[C@H]2CCN[C@@H](C)C2)no1. The molecule has 2 aliphatic rings. The van der Waals surface area contributed by atoms with Gasteiger partial charge in [-0.05, 0) is 39.2 Å². The largest absolute Gasteiger partial charge is 0.339 e. The number of likely N-dealkylation sites (tertiary alicyclic amines) is 1. The maximum absolute atomic E-state index is 12.9. The summed E-state index contributed by atoms with van der Waals surface area (Å²) in [6.45, 7) is 7.95. The van der Waals surface area contributed by atoms with Crippen molar-refractivity contribution >= 4 is 5.91 Å². The van der Waals surface area contributed by atoms with Crippen molar-refractivity contribution in [2.75, 3.05) is 13.1 Å². The predicted molar refractivity (Wildman–Crippen MR) is 82.3 cm³/mol. The molecule has 1 aromatic heterocycles. The van der Waals surface area contributed by atoms with Gasteiger partial charge in [-0.1, -0.05) is 19.0 Å². The third-order valence-electron chi connectivity index (χ3n) is 4.76. The number of hydrogen-bond acceptors (Lipinski definition) is 5. The van der Waals surface area contributed by atoms with Crippen molar-refractivity contribution in [1.29, 1.82) is 0 Å². The monoisotopic (exact) mass is 306 g/mol. The minimum Gasteiger partial charge on any atom is -0.339 e. The van der Waals surface area contributed by atoms with Gasteiger partial charge in [0.1, 0.15) is 0 Å². The molecule has 0 aliphatic carbocycles. The van der Waals surface area contributed by atoms with Crippen molar-refractivity contribution in [1.82, 2.24) is 20.4 Å². The Bertz CT molecular complexity index is 528. The van der Waals surface area contributed by atoms with Crippen LogP contribution in [0.3, 0.4) is 0 Å². The van der Waals surface area contributed by atoms with E-state index in [1.54, 1.807) is 0 Å². The first-order valence-corrected chi connectivity index (χ1v) is 8.43. The first kappa shape index (κ1) is 15.5. The third-order valence-corrected chi connectivity index (χ3v) is 4.76. The molecule has 0 spiro atoms. The molecule has 0 radical (unpaired) electrons. The van der Waals surface area contributed by atoms with E-state index in [4.69, 9.17) is 4.52 Å². The van der Waals surface area contributed by atoms with Gasteiger partial charge in [0.05, 0.1) is 6.04 Å². The van der Waals surface area contributed by atoms with Crippen molar-refractivity contribution in [2.45, 2.75) is 64.5 Å². The summed E-state index contributed by atoms with van der Waals surface area (Å²) in [7, 11) is 0. The minimum atomic E-state index is -0.00561. The van der Waals surface area contributed by atoms with Gasteiger partial charge in [0, 0.05) is 24.4 Å². The summed E-state index contributed by atoms with van der Waals surface area (Å²) < 4.78 is 5.32. The van der Waals surface area contributed by atoms with E-state index in [-0.39, 0.29) is 23.8 Å². The van der Waals surface area contributed by atoms with Crippen molar-refractivity contribution in [3.8, 4) is 0 Å². The number of rotatable bonds is 3. The molecule has 1 aromatic rings. The number of carbonyl (C=O) groups excluding carboxylic acids is 1. The van der Waals surface area contributed by atoms with Crippen LogP contribution in [0.1, 0.15) is 70.1 Å². The lowest BCUT2D eigenvalue weighted by Crippen LogP contribution is -2.44. The Labute approximate surface area is 131 Å². The number of hydrogen-bond donors (Lipinski definition) is 1. The zero-order valence-electron chi connectivity index (χ0n) is 13.7. The van der Waals surface area contributed by atoms with Crippen molar-refractivity contribution < 1.29 is 9.32 Å².